The Morgan fingerprint density at radius 2 is 1.93 bits per heavy atom. The summed E-state index contributed by atoms with van der Waals surface area (Å²) >= 11 is 0. The molecule has 0 fully saturated rings. The van der Waals surface area contributed by atoms with E-state index in [2.05, 4.69) is 0 Å². The van der Waals surface area contributed by atoms with Crippen molar-refractivity contribution in [1.82, 2.24) is 4.90 Å². The van der Waals surface area contributed by atoms with Crippen molar-refractivity contribution in [3.8, 4) is 11.5 Å². The zero-order chi connectivity index (χ0) is 18.6. The van der Waals surface area contributed by atoms with Crippen molar-refractivity contribution in [2.75, 3.05) is 19.7 Å². The van der Waals surface area contributed by atoms with Crippen LogP contribution in [-0.4, -0.2) is 36.6 Å². The van der Waals surface area contributed by atoms with Crippen molar-refractivity contribution in [3.63, 3.8) is 0 Å². The third kappa shape index (κ3) is 3.82. The Labute approximate surface area is 157 Å². The van der Waals surface area contributed by atoms with Crippen molar-refractivity contribution < 1.29 is 18.7 Å². The van der Waals surface area contributed by atoms with E-state index in [4.69, 9.17) is 13.9 Å². The van der Waals surface area contributed by atoms with Gasteiger partial charge < -0.3 is 18.8 Å². The number of ether oxygens (including phenoxy) is 2. The third-order valence-corrected chi connectivity index (χ3v) is 4.52. The van der Waals surface area contributed by atoms with E-state index in [1.807, 2.05) is 61.5 Å². The highest BCUT2D eigenvalue weighted by atomic mass is 16.6. The second-order valence-electron chi connectivity index (χ2n) is 6.39. The number of carbonyl (C=O) groups is 1. The molecule has 0 saturated carbocycles. The number of amides is 1. The van der Waals surface area contributed by atoms with E-state index < -0.39 is 0 Å². The number of para-hydroxylation sites is 3. The van der Waals surface area contributed by atoms with Gasteiger partial charge in [-0.3, -0.25) is 4.79 Å². The number of benzene rings is 2. The van der Waals surface area contributed by atoms with Gasteiger partial charge in [0.1, 0.15) is 18.0 Å². The van der Waals surface area contributed by atoms with Gasteiger partial charge in [-0.25, -0.2) is 0 Å². The van der Waals surface area contributed by atoms with E-state index in [-0.39, 0.29) is 12.0 Å². The Bertz CT molecular complexity index is 942. The molecule has 5 nitrogen and oxygen atoms in total. The molecule has 0 saturated heterocycles. The summed E-state index contributed by atoms with van der Waals surface area (Å²) in [5.41, 5.74) is 0.809. The molecule has 4 rings (SSSR count). The molecule has 138 valence electrons. The van der Waals surface area contributed by atoms with Crippen molar-refractivity contribution >= 4 is 23.0 Å². The van der Waals surface area contributed by atoms with Crippen LogP contribution in [0.1, 0.15) is 12.7 Å². The molecular formula is C22H21NO4. The van der Waals surface area contributed by atoms with E-state index >= 15 is 0 Å². The second kappa shape index (κ2) is 7.58. The Hall–Kier alpha value is -3.21. The maximum atomic E-state index is 12.6. The Morgan fingerprint density at radius 3 is 2.74 bits per heavy atom. The summed E-state index contributed by atoms with van der Waals surface area (Å²) < 4.78 is 17.4. The number of nitrogens with zero attached hydrogens (tertiary/aromatic N) is 1. The number of likely N-dealkylation sites (N-methyl/N-ethyl adjacent to an activating group) is 1. The predicted octanol–water partition coefficient (Wildman–Crippen LogP) is 4.13. The Balaban J connectivity index is 1.41. The van der Waals surface area contributed by atoms with Gasteiger partial charge in [-0.15, -0.1) is 0 Å². The fraction of sp³-hybridized carbons (Fsp3) is 0.227. The number of carbonyl (C=O) groups excluding carboxylic acids is 1. The van der Waals surface area contributed by atoms with Gasteiger partial charge in [0.2, 0.25) is 5.91 Å². The minimum Gasteiger partial charge on any atom is -0.486 e. The van der Waals surface area contributed by atoms with Crippen molar-refractivity contribution in [1.29, 1.82) is 0 Å². The van der Waals surface area contributed by atoms with Gasteiger partial charge >= 0.3 is 0 Å². The fourth-order valence-electron chi connectivity index (χ4n) is 3.12. The summed E-state index contributed by atoms with van der Waals surface area (Å²) in [5.74, 6) is 2.04. The van der Waals surface area contributed by atoms with Gasteiger partial charge in [0.15, 0.2) is 17.6 Å². The van der Waals surface area contributed by atoms with Gasteiger partial charge in [0.05, 0.1) is 6.54 Å². The standard InChI is InChI=1S/C22H21NO4/c1-2-23(14-18-15-25-20-9-5-6-10-21(20)27-18)22(24)12-11-17-13-16-7-3-4-8-19(16)26-17/h3-13,18H,2,14-15H2,1H3/b12-11+. The third-order valence-electron chi connectivity index (χ3n) is 4.52. The average Bonchev–Trinajstić information content (AvgIpc) is 3.13. The highest BCUT2D eigenvalue weighted by molar-refractivity contribution is 5.92. The van der Waals surface area contributed by atoms with Crippen LogP contribution in [0.4, 0.5) is 0 Å². The molecule has 2 heterocycles. The van der Waals surface area contributed by atoms with E-state index in [0.717, 1.165) is 22.5 Å². The first kappa shape index (κ1) is 17.2. The van der Waals surface area contributed by atoms with Crippen LogP contribution in [0.25, 0.3) is 17.0 Å². The first-order valence-corrected chi connectivity index (χ1v) is 9.07. The van der Waals surface area contributed by atoms with E-state index in [0.29, 0.717) is 25.5 Å². The van der Waals surface area contributed by atoms with Crippen LogP contribution >= 0.6 is 0 Å². The zero-order valence-corrected chi connectivity index (χ0v) is 15.1. The van der Waals surface area contributed by atoms with Gasteiger partial charge in [0.25, 0.3) is 0 Å². The number of furan rings is 1. The van der Waals surface area contributed by atoms with Crippen LogP contribution in [0, 0.1) is 0 Å². The summed E-state index contributed by atoms with van der Waals surface area (Å²) in [5, 5.41) is 1.02. The summed E-state index contributed by atoms with van der Waals surface area (Å²) in [6.07, 6.45) is 3.06. The summed E-state index contributed by atoms with van der Waals surface area (Å²) in [7, 11) is 0. The van der Waals surface area contributed by atoms with Crippen LogP contribution < -0.4 is 9.47 Å². The number of fused-ring (bicyclic) bond motifs is 2. The lowest BCUT2D eigenvalue weighted by atomic mass is 10.2. The molecule has 1 aliphatic rings. The SMILES string of the molecule is CCN(CC1COc2ccccc2O1)C(=O)/C=C/c1cc2ccccc2o1. The monoisotopic (exact) mass is 363 g/mol. The van der Waals surface area contributed by atoms with Crippen LogP contribution in [0.15, 0.2) is 65.1 Å². The van der Waals surface area contributed by atoms with E-state index in [1.54, 1.807) is 17.1 Å². The summed E-state index contributed by atoms with van der Waals surface area (Å²) in [4.78, 5) is 14.3. The molecule has 2 aromatic carbocycles. The smallest absolute Gasteiger partial charge is 0.246 e. The Kier molecular flexibility index (Phi) is 4.83. The second-order valence-corrected chi connectivity index (χ2v) is 6.39. The van der Waals surface area contributed by atoms with E-state index in [1.165, 1.54) is 0 Å². The maximum absolute atomic E-state index is 12.6. The number of hydrogen-bond acceptors (Lipinski definition) is 4. The molecule has 0 N–H and O–H groups in total. The fourth-order valence-corrected chi connectivity index (χ4v) is 3.12. The first-order chi connectivity index (χ1) is 13.2. The molecule has 5 heteroatoms. The zero-order valence-electron chi connectivity index (χ0n) is 15.1. The lowest BCUT2D eigenvalue weighted by molar-refractivity contribution is -0.127. The first-order valence-electron chi connectivity index (χ1n) is 9.07. The van der Waals surface area contributed by atoms with E-state index in [9.17, 15) is 4.79 Å². The van der Waals surface area contributed by atoms with Crippen LogP contribution in [-0.2, 0) is 4.79 Å². The molecule has 1 aromatic heterocycles. The summed E-state index contributed by atoms with van der Waals surface area (Å²) in [6, 6.07) is 17.3. The van der Waals surface area contributed by atoms with Crippen LogP contribution in [0.3, 0.4) is 0 Å². The molecule has 1 amide bonds. The topological polar surface area (TPSA) is 51.9 Å². The lowest BCUT2D eigenvalue weighted by Crippen LogP contribution is -2.43. The molecule has 3 aromatic rings. The molecule has 1 aliphatic heterocycles. The molecule has 0 bridgehead atoms. The normalized spacial score (nSPS) is 16.0. The largest absolute Gasteiger partial charge is 0.486 e. The molecular weight excluding hydrogens is 342 g/mol. The molecule has 1 atom stereocenters. The lowest BCUT2D eigenvalue weighted by Gasteiger charge is -2.30. The Morgan fingerprint density at radius 1 is 1.15 bits per heavy atom. The maximum Gasteiger partial charge on any atom is 0.246 e. The van der Waals surface area contributed by atoms with Crippen molar-refractivity contribution in [3.05, 3.63) is 66.4 Å². The van der Waals surface area contributed by atoms with Crippen LogP contribution in [0.2, 0.25) is 0 Å². The molecule has 0 radical (unpaired) electrons. The molecule has 0 aliphatic carbocycles. The van der Waals surface area contributed by atoms with Gasteiger partial charge in [-0.05, 0) is 37.3 Å². The van der Waals surface area contributed by atoms with Crippen molar-refractivity contribution in [2.24, 2.45) is 0 Å². The minimum atomic E-state index is -0.191. The number of rotatable bonds is 5. The van der Waals surface area contributed by atoms with Crippen molar-refractivity contribution in [2.45, 2.75) is 13.0 Å². The van der Waals surface area contributed by atoms with Gasteiger partial charge in [-0.1, -0.05) is 30.3 Å². The highest BCUT2D eigenvalue weighted by Gasteiger charge is 2.24. The summed E-state index contributed by atoms with van der Waals surface area (Å²) in [6.45, 7) is 3.43. The molecule has 27 heavy (non-hydrogen) atoms. The molecule has 0 spiro atoms. The number of hydrogen-bond donors (Lipinski definition) is 0. The van der Waals surface area contributed by atoms with Crippen LogP contribution in [0.5, 0.6) is 11.5 Å². The molecule has 1 unspecified atom stereocenters. The highest BCUT2D eigenvalue weighted by Crippen LogP contribution is 2.31. The van der Waals surface area contributed by atoms with Gasteiger partial charge in [-0.2, -0.15) is 0 Å². The quantitative estimate of drug-likeness (QED) is 0.640. The average molecular weight is 363 g/mol. The minimum absolute atomic E-state index is 0.0829. The van der Waals surface area contributed by atoms with Gasteiger partial charge in [0, 0.05) is 18.0 Å². The predicted molar refractivity (Wildman–Crippen MR) is 104 cm³/mol.